The van der Waals surface area contributed by atoms with Gasteiger partial charge in [0.25, 0.3) is 0 Å². The van der Waals surface area contributed by atoms with Gasteiger partial charge in [-0.25, -0.2) is 4.39 Å². The number of rotatable bonds is 5. The standard InChI is InChI=1S/C17H26BrFN2/c1-4-5-15-9-20-17(12(2)3)11-21(15)10-13-8-14(18)6-7-16(13)19/h6-8,12,15,17,20H,4-5,9-11H2,1-3H3. The molecule has 1 N–H and O–H groups in total. The van der Waals surface area contributed by atoms with Crippen molar-refractivity contribution in [2.45, 2.75) is 52.2 Å². The first-order chi connectivity index (χ1) is 10.0. The monoisotopic (exact) mass is 356 g/mol. The fraction of sp³-hybridized carbons (Fsp3) is 0.647. The molecule has 0 saturated carbocycles. The largest absolute Gasteiger partial charge is 0.311 e. The van der Waals surface area contributed by atoms with Gasteiger partial charge in [-0.2, -0.15) is 0 Å². The fourth-order valence-corrected chi connectivity index (χ4v) is 3.43. The van der Waals surface area contributed by atoms with Crippen LogP contribution < -0.4 is 5.32 Å². The van der Waals surface area contributed by atoms with Gasteiger partial charge in [0.05, 0.1) is 0 Å². The summed E-state index contributed by atoms with van der Waals surface area (Å²) in [6.07, 6.45) is 2.32. The molecule has 1 aliphatic heterocycles. The molecule has 4 heteroatoms. The quantitative estimate of drug-likeness (QED) is 0.850. The zero-order chi connectivity index (χ0) is 15.4. The van der Waals surface area contributed by atoms with Crippen molar-refractivity contribution in [3.8, 4) is 0 Å². The Labute approximate surface area is 136 Å². The van der Waals surface area contributed by atoms with Crippen molar-refractivity contribution in [1.29, 1.82) is 0 Å². The van der Waals surface area contributed by atoms with E-state index in [1.54, 1.807) is 12.1 Å². The van der Waals surface area contributed by atoms with Crippen LogP contribution in [0.3, 0.4) is 0 Å². The molecule has 0 amide bonds. The maximum Gasteiger partial charge on any atom is 0.127 e. The van der Waals surface area contributed by atoms with Gasteiger partial charge in [-0.05, 0) is 30.5 Å². The Bertz CT molecular complexity index is 464. The Morgan fingerprint density at radius 2 is 2.19 bits per heavy atom. The zero-order valence-electron chi connectivity index (χ0n) is 13.2. The van der Waals surface area contributed by atoms with E-state index in [9.17, 15) is 4.39 Å². The van der Waals surface area contributed by atoms with E-state index in [0.29, 0.717) is 24.5 Å². The lowest BCUT2D eigenvalue weighted by Crippen LogP contribution is -2.57. The molecule has 0 aromatic heterocycles. The average molecular weight is 357 g/mol. The summed E-state index contributed by atoms with van der Waals surface area (Å²) >= 11 is 3.44. The molecular weight excluding hydrogens is 331 g/mol. The molecule has 1 heterocycles. The van der Waals surface area contributed by atoms with Gasteiger partial charge < -0.3 is 5.32 Å². The molecule has 2 rings (SSSR count). The summed E-state index contributed by atoms with van der Waals surface area (Å²) in [4.78, 5) is 2.45. The third kappa shape index (κ3) is 4.51. The van der Waals surface area contributed by atoms with Crippen LogP contribution in [0.2, 0.25) is 0 Å². The summed E-state index contributed by atoms with van der Waals surface area (Å²) in [5.41, 5.74) is 0.787. The van der Waals surface area contributed by atoms with Crippen LogP contribution in [0.15, 0.2) is 22.7 Å². The second kappa shape index (κ2) is 7.70. The van der Waals surface area contributed by atoms with Crippen molar-refractivity contribution in [1.82, 2.24) is 10.2 Å². The number of halogens is 2. The van der Waals surface area contributed by atoms with Gasteiger partial charge in [0.2, 0.25) is 0 Å². The lowest BCUT2D eigenvalue weighted by Gasteiger charge is -2.42. The number of benzene rings is 1. The van der Waals surface area contributed by atoms with E-state index in [0.717, 1.165) is 36.0 Å². The van der Waals surface area contributed by atoms with Crippen molar-refractivity contribution in [2.75, 3.05) is 13.1 Å². The predicted molar refractivity (Wildman–Crippen MR) is 89.8 cm³/mol. The Morgan fingerprint density at radius 3 is 2.86 bits per heavy atom. The van der Waals surface area contributed by atoms with E-state index < -0.39 is 0 Å². The highest BCUT2D eigenvalue weighted by Gasteiger charge is 2.29. The molecule has 2 nitrogen and oxygen atoms in total. The van der Waals surface area contributed by atoms with Crippen molar-refractivity contribution >= 4 is 15.9 Å². The number of nitrogens with zero attached hydrogens (tertiary/aromatic N) is 1. The van der Waals surface area contributed by atoms with Crippen LogP contribution >= 0.6 is 15.9 Å². The zero-order valence-corrected chi connectivity index (χ0v) is 14.8. The molecule has 118 valence electrons. The van der Waals surface area contributed by atoms with Gasteiger partial charge in [-0.3, -0.25) is 4.90 Å². The Morgan fingerprint density at radius 1 is 1.43 bits per heavy atom. The molecule has 1 aliphatic rings. The van der Waals surface area contributed by atoms with Crippen LogP contribution in [0.1, 0.15) is 39.2 Å². The molecule has 1 saturated heterocycles. The van der Waals surface area contributed by atoms with Gasteiger partial charge in [0.1, 0.15) is 5.82 Å². The van der Waals surface area contributed by atoms with E-state index >= 15 is 0 Å². The van der Waals surface area contributed by atoms with Crippen molar-refractivity contribution in [2.24, 2.45) is 5.92 Å². The van der Waals surface area contributed by atoms with Gasteiger partial charge >= 0.3 is 0 Å². The smallest absolute Gasteiger partial charge is 0.127 e. The maximum absolute atomic E-state index is 14.0. The van der Waals surface area contributed by atoms with E-state index in [4.69, 9.17) is 0 Å². The number of piperazine rings is 1. The molecule has 0 bridgehead atoms. The summed E-state index contributed by atoms with van der Waals surface area (Å²) in [5.74, 6) is 0.496. The summed E-state index contributed by atoms with van der Waals surface area (Å²) in [7, 11) is 0. The second-order valence-electron chi connectivity index (χ2n) is 6.37. The summed E-state index contributed by atoms with van der Waals surface area (Å²) in [6, 6.07) is 6.22. The van der Waals surface area contributed by atoms with Gasteiger partial charge in [0, 0.05) is 41.8 Å². The van der Waals surface area contributed by atoms with Crippen LogP contribution in [0.4, 0.5) is 4.39 Å². The molecule has 21 heavy (non-hydrogen) atoms. The van der Waals surface area contributed by atoms with Gasteiger partial charge in [-0.1, -0.05) is 43.1 Å². The minimum Gasteiger partial charge on any atom is -0.311 e. The van der Waals surface area contributed by atoms with E-state index in [2.05, 4.69) is 46.9 Å². The topological polar surface area (TPSA) is 15.3 Å². The Hall–Kier alpha value is -0.450. The molecule has 1 aromatic rings. The first-order valence-corrected chi connectivity index (χ1v) is 8.72. The van der Waals surface area contributed by atoms with Crippen molar-refractivity contribution in [3.63, 3.8) is 0 Å². The van der Waals surface area contributed by atoms with Crippen LogP contribution in [-0.4, -0.2) is 30.1 Å². The fourth-order valence-electron chi connectivity index (χ4n) is 3.02. The Kier molecular flexibility index (Phi) is 6.20. The summed E-state index contributed by atoms with van der Waals surface area (Å²) < 4.78 is 15.0. The normalized spacial score (nSPS) is 23.7. The minimum absolute atomic E-state index is 0.104. The molecular formula is C17H26BrFN2. The minimum atomic E-state index is -0.104. The molecule has 2 atom stereocenters. The second-order valence-corrected chi connectivity index (χ2v) is 7.28. The van der Waals surface area contributed by atoms with Crippen molar-refractivity contribution in [3.05, 3.63) is 34.1 Å². The molecule has 1 aromatic carbocycles. The molecule has 0 radical (unpaired) electrons. The third-order valence-corrected chi connectivity index (χ3v) is 4.86. The first-order valence-electron chi connectivity index (χ1n) is 7.92. The highest BCUT2D eigenvalue weighted by Crippen LogP contribution is 2.22. The average Bonchev–Trinajstić information content (AvgIpc) is 2.44. The highest BCUT2D eigenvalue weighted by atomic mass is 79.9. The number of hydrogen-bond acceptors (Lipinski definition) is 2. The van der Waals surface area contributed by atoms with E-state index in [1.165, 1.54) is 0 Å². The third-order valence-electron chi connectivity index (χ3n) is 4.37. The number of hydrogen-bond donors (Lipinski definition) is 1. The summed E-state index contributed by atoms with van der Waals surface area (Å²) in [5, 5.41) is 3.65. The molecule has 1 fully saturated rings. The highest BCUT2D eigenvalue weighted by molar-refractivity contribution is 9.10. The van der Waals surface area contributed by atoms with Gasteiger partial charge in [0.15, 0.2) is 0 Å². The molecule has 0 spiro atoms. The van der Waals surface area contributed by atoms with Crippen LogP contribution in [0.5, 0.6) is 0 Å². The van der Waals surface area contributed by atoms with E-state index in [1.807, 2.05) is 6.07 Å². The molecule has 0 aliphatic carbocycles. The predicted octanol–water partition coefficient (Wildman–Crippen LogP) is 4.19. The molecule has 2 unspecified atom stereocenters. The summed E-state index contributed by atoms with van der Waals surface area (Å²) in [6.45, 7) is 9.40. The van der Waals surface area contributed by atoms with Crippen LogP contribution in [0, 0.1) is 11.7 Å². The lowest BCUT2D eigenvalue weighted by atomic mass is 9.97. The van der Waals surface area contributed by atoms with Crippen LogP contribution in [0.25, 0.3) is 0 Å². The lowest BCUT2D eigenvalue weighted by molar-refractivity contribution is 0.0986. The van der Waals surface area contributed by atoms with Crippen LogP contribution in [-0.2, 0) is 6.54 Å². The maximum atomic E-state index is 14.0. The SMILES string of the molecule is CCCC1CNC(C(C)C)CN1Cc1cc(Br)ccc1F. The van der Waals surface area contributed by atoms with Gasteiger partial charge in [-0.15, -0.1) is 0 Å². The van der Waals surface area contributed by atoms with Crippen molar-refractivity contribution < 1.29 is 4.39 Å². The first kappa shape index (κ1) is 16.9. The number of nitrogens with one attached hydrogen (secondary N) is 1. The Balaban J connectivity index is 2.13. The van der Waals surface area contributed by atoms with E-state index in [-0.39, 0.29) is 5.82 Å².